The Morgan fingerprint density at radius 1 is 1.50 bits per heavy atom. The SMILES string of the molecule is Cc1noc(C)c1CSC(C(=O)O)C(C)C. The molecule has 1 heterocycles. The Morgan fingerprint density at radius 3 is 2.50 bits per heavy atom. The molecule has 1 unspecified atom stereocenters. The molecule has 0 radical (unpaired) electrons. The van der Waals surface area contributed by atoms with E-state index in [0.717, 1.165) is 17.0 Å². The van der Waals surface area contributed by atoms with Gasteiger partial charge in [0, 0.05) is 11.3 Å². The van der Waals surface area contributed by atoms with E-state index in [-0.39, 0.29) is 11.2 Å². The van der Waals surface area contributed by atoms with Crippen molar-refractivity contribution in [1.82, 2.24) is 5.16 Å². The van der Waals surface area contributed by atoms with E-state index in [4.69, 9.17) is 9.63 Å². The number of rotatable bonds is 5. The molecule has 0 aliphatic heterocycles. The summed E-state index contributed by atoms with van der Waals surface area (Å²) in [7, 11) is 0. The fourth-order valence-corrected chi connectivity index (χ4v) is 2.72. The van der Waals surface area contributed by atoms with E-state index in [1.807, 2.05) is 27.7 Å². The molecule has 90 valence electrons. The van der Waals surface area contributed by atoms with Crippen LogP contribution in [0.3, 0.4) is 0 Å². The van der Waals surface area contributed by atoms with E-state index in [9.17, 15) is 4.79 Å². The number of carbonyl (C=O) groups is 1. The van der Waals surface area contributed by atoms with Crippen molar-refractivity contribution in [1.29, 1.82) is 0 Å². The van der Waals surface area contributed by atoms with Crippen molar-refractivity contribution >= 4 is 17.7 Å². The molecule has 0 saturated carbocycles. The lowest BCUT2D eigenvalue weighted by Gasteiger charge is -2.15. The van der Waals surface area contributed by atoms with Crippen LogP contribution in [0.5, 0.6) is 0 Å². The largest absolute Gasteiger partial charge is 0.480 e. The summed E-state index contributed by atoms with van der Waals surface area (Å²) in [6, 6.07) is 0. The highest BCUT2D eigenvalue weighted by molar-refractivity contribution is 7.99. The zero-order chi connectivity index (χ0) is 12.3. The first-order valence-corrected chi connectivity index (χ1v) is 6.24. The van der Waals surface area contributed by atoms with Gasteiger partial charge in [0.25, 0.3) is 0 Å². The maximum Gasteiger partial charge on any atom is 0.316 e. The second kappa shape index (κ2) is 5.39. The molecule has 1 atom stereocenters. The number of aromatic nitrogens is 1. The zero-order valence-corrected chi connectivity index (χ0v) is 10.8. The van der Waals surface area contributed by atoms with Gasteiger partial charge < -0.3 is 9.63 Å². The van der Waals surface area contributed by atoms with E-state index in [1.165, 1.54) is 11.8 Å². The summed E-state index contributed by atoms with van der Waals surface area (Å²) in [5.74, 6) is 0.767. The number of hydrogen-bond acceptors (Lipinski definition) is 4. The zero-order valence-electron chi connectivity index (χ0n) is 9.98. The van der Waals surface area contributed by atoms with Gasteiger partial charge in [-0.3, -0.25) is 4.79 Å². The third-order valence-corrected chi connectivity index (χ3v) is 4.00. The van der Waals surface area contributed by atoms with Gasteiger partial charge in [-0.25, -0.2) is 0 Å². The third kappa shape index (κ3) is 3.01. The molecule has 4 nitrogen and oxygen atoms in total. The summed E-state index contributed by atoms with van der Waals surface area (Å²) in [6.45, 7) is 7.55. The van der Waals surface area contributed by atoms with E-state index >= 15 is 0 Å². The average molecular weight is 243 g/mol. The molecule has 1 rings (SSSR count). The first-order chi connectivity index (χ1) is 7.43. The van der Waals surface area contributed by atoms with Crippen LogP contribution in [0.1, 0.15) is 30.9 Å². The first-order valence-electron chi connectivity index (χ1n) is 5.19. The average Bonchev–Trinajstić information content (AvgIpc) is 2.47. The van der Waals surface area contributed by atoms with Gasteiger partial charge in [0.2, 0.25) is 0 Å². The van der Waals surface area contributed by atoms with Crippen molar-refractivity contribution < 1.29 is 14.4 Å². The molecule has 0 aromatic carbocycles. The van der Waals surface area contributed by atoms with Crippen molar-refractivity contribution in [3.05, 3.63) is 17.0 Å². The summed E-state index contributed by atoms with van der Waals surface area (Å²) in [5.41, 5.74) is 1.86. The topological polar surface area (TPSA) is 63.3 Å². The van der Waals surface area contributed by atoms with Crippen LogP contribution in [0.15, 0.2) is 4.52 Å². The molecule has 0 aliphatic carbocycles. The van der Waals surface area contributed by atoms with Crippen molar-refractivity contribution in [2.45, 2.75) is 38.7 Å². The standard InChI is InChI=1S/C11H17NO3S/c1-6(2)10(11(13)14)16-5-9-7(3)12-15-8(9)4/h6,10H,5H2,1-4H3,(H,13,14). The number of aryl methyl sites for hydroxylation is 2. The minimum absolute atomic E-state index is 0.114. The van der Waals surface area contributed by atoms with Crippen LogP contribution >= 0.6 is 11.8 Å². The number of carboxylic acid groups (broad SMARTS) is 1. The molecule has 1 aromatic heterocycles. The minimum atomic E-state index is -0.758. The van der Waals surface area contributed by atoms with E-state index in [0.29, 0.717) is 5.75 Å². The highest BCUT2D eigenvalue weighted by Crippen LogP contribution is 2.26. The van der Waals surface area contributed by atoms with Crippen molar-refractivity contribution in [2.24, 2.45) is 5.92 Å². The lowest BCUT2D eigenvalue weighted by molar-refractivity contribution is -0.137. The lowest BCUT2D eigenvalue weighted by atomic mass is 10.1. The second-order valence-electron chi connectivity index (χ2n) is 4.12. The monoisotopic (exact) mass is 243 g/mol. The number of hydrogen-bond donors (Lipinski definition) is 1. The molecule has 0 bridgehead atoms. The van der Waals surface area contributed by atoms with Gasteiger partial charge in [0.1, 0.15) is 11.0 Å². The van der Waals surface area contributed by atoms with Gasteiger partial charge in [0.05, 0.1) is 5.69 Å². The molecular formula is C11H17NO3S. The molecule has 16 heavy (non-hydrogen) atoms. The Bertz CT molecular complexity index is 354. The van der Waals surface area contributed by atoms with Gasteiger partial charge in [-0.05, 0) is 19.8 Å². The molecule has 0 aliphatic rings. The predicted molar refractivity (Wildman–Crippen MR) is 63.5 cm³/mol. The smallest absolute Gasteiger partial charge is 0.316 e. The highest BCUT2D eigenvalue weighted by Gasteiger charge is 2.23. The molecule has 0 spiro atoms. The van der Waals surface area contributed by atoms with E-state index in [1.54, 1.807) is 0 Å². The van der Waals surface area contributed by atoms with Crippen LogP contribution in [0.25, 0.3) is 0 Å². The maximum absolute atomic E-state index is 11.0. The van der Waals surface area contributed by atoms with Crippen LogP contribution in [0.4, 0.5) is 0 Å². The van der Waals surface area contributed by atoms with Gasteiger partial charge in [-0.2, -0.15) is 0 Å². The highest BCUT2D eigenvalue weighted by atomic mass is 32.2. The fourth-order valence-electron chi connectivity index (χ4n) is 1.43. The molecule has 5 heteroatoms. The van der Waals surface area contributed by atoms with Crippen molar-refractivity contribution in [3.63, 3.8) is 0 Å². The Balaban J connectivity index is 2.66. The van der Waals surface area contributed by atoms with Crippen molar-refractivity contribution in [3.8, 4) is 0 Å². The summed E-state index contributed by atoms with van der Waals surface area (Å²) in [4.78, 5) is 11.0. The summed E-state index contributed by atoms with van der Waals surface area (Å²) >= 11 is 1.42. The molecule has 0 amide bonds. The normalized spacial score (nSPS) is 13.1. The molecule has 0 saturated heterocycles. The first kappa shape index (κ1) is 13.1. The number of carboxylic acids is 1. The number of nitrogens with zero attached hydrogens (tertiary/aromatic N) is 1. The van der Waals surface area contributed by atoms with E-state index < -0.39 is 5.97 Å². The Labute approximate surface area is 99.4 Å². The molecule has 1 N–H and O–H groups in total. The Morgan fingerprint density at radius 2 is 2.12 bits per heavy atom. The maximum atomic E-state index is 11.0. The molecule has 0 fully saturated rings. The quantitative estimate of drug-likeness (QED) is 0.861. The van der Waals surface area contributed by atoms with Crippen LogP contribution in [-0.4, -0.2) is 21.5 Å². The van der Waals surface area contributed by atoms with Crippen LogP contribution in [0.2, 0.25) is 0 Å². The Hall–Kier alpha value is -0.970. The molecular weight excluding hydrogens is 226 g/mol. The number of aliphatic carboxylic acids is 1. The van der Waals surface area contributed by atoms with Gasteiger partial charge in [-0.1, -0.05) is 19.0 Å². The summed E-state index contributed by atoms with van der Waals surface area (Å²) in [5, 5.41) is 12.5. The van der Waals surface area contributed by atoms with Crippen LogP contribution in [-0.2, 0) is 10.5 Å². The van der Waals surface area contributed by atoms with Gasteiger partial charge >= 0.3 is 5.97 Å². The fraction of sp³-hybridized carbons (Fsp3) is 0.636. The van der Waals surface area contributed by atoms with Gasteiger partial charge in [0.15, 0.2) is 0 Å². The van der Waals surface area contributed by atoms with Gasteiger partial charge in [-0.15, -0.1) is 11.8 Å². The van der Waals surface area contributed by atoms with Crippen LogP contribution < -0.4 is 0 Å². The second-order valence-corrected chi connectivity index (χ2v) is 5.25. The van der Waals surface area contributed by atoms with Crippen LogP contribution in [0, 0.1) is 19.8 Å². The summed E-state index contributed by atoms with van der Waals surface area (Å²) in [6.07, 6.45) is 0. The molecule has 1 aromatic rings. The number of thioether (sulfide) groups is 1. The predicted octanol–water partition coefficient (Wildman–Crippen LogP) is 2.63. The van der Waals surface area contributed by atoms with E-state index in [2.05, 4.69) is 5.16 Å². The van der Waals surface area contributed by atoms with Crippen molar-refractivity contribution in [2.75, 3.05) is 0 Å². The summed E-state index contributed by atoms with van der Waals surface area (Å²) < 4.78 is 5.04. The third-order valence-electron chi connectivity index (χ3n) is 2.44. The minimum Gasteiger partial charge on any atom is -0.480 e. The lowest BCUT2D eigenvalue weighted by Crippen LogP contribution is -2.22. The Kier molecular flexibility index (Phi) is 4.41.